The number of alkyl carbamates (subject to hydrolysis) is 1. The quantitative estimate of drug-likeness (QED) is 0.546. The van der Waals surface area contributed by atoms with Crippen molar-refractivity contribution in [3.8, 4) is 11.1 Å². The van der Waals surface area contributed by atoms with Gasteiger partial charge in [0, 0.05) is 13.0 Å². The Bertz CT molecular complexity index is 1020. The number of benzene rings is 2. The molecule has 8 nitrogen and oxygen atoms in total. The van der Waals surface area contributed by atoms with Crippen LogP contribution in [0.25, 0.3) is 11.1 Å². The summed E-state index contributed by atoms with van der Waals surface area (Å²) in [5, 5.41) is 14.6. The second-order valence-electron chi connectivity index (χ2n) is 9.53. The highest BCUT2D eigenvalue weighted by molar-refractivity contribution is 5.90. The molecule has 0 aromatic heterocycles. The molecular weight excluding hydrogens is 436 g/mol. The van der Waals surface area contributed by atoms with E-state index in [1.807, 2.05) is 48.5 Å². The maximum absolute atomic E-state index is 12.9. The highest BCUT2D eigenvalue weighted by atomic mass is 16.5. The molecule has 0 radical (unpaired) electrons. The van der Waals surface area contributed by atoms with Crippen LogP contribution in [-0.2, 0) is 19.1 Å². The van der Waals surface area contributed by atoms with E-state index in [2.05, 4.69) is 10.6 Å². The van der Waals surface area contributed by atoms with Crippen LogP contribution >= 0.6 is 0 Å². The van der Waals surface area contributed by atoms with E-state index >= 15 is 0 Å². The van der Waals surface area contributed by atoms with Gasteiger partial charge in [0.05, 0.1) is 6.10 Å². The van der Waals surface area contributed by atoms with E-state index in [0.29, 0.717) is 0 Å². The van der Waals surface area contributed by atoms with Gasteiger partial charge in [0.15, 0.2) is 0 Å². The predicted octanol–water partition coefficient (Wildman–Crippen LogP) is 3.54. The van der Waals surface area contributed by atoms with Crippen LogP contribution in [0.2, 0.25) is 0 Å². The molecule has 0 saturated heterocycles. The topological polar surface area (TPSA) is 114 Å². The van der Waals surface area contributed by atoms with E-state index in [4.69, 9.17) is 9.47 Å². The Labute approximate surface area is 199 Å². The third kappa shape index (κ3) is 5.39. The van der Waals surface area contributed by atoms with Crippen molar-refractivity contribution >= 4 is 18.0 Å². The molecule has 3 rings (SSSR count). The summed E-state index contributed by atoms with van der Waals surface area (Å²) in [7, 11) is 1.41. The summed E-state index contributed by atoms with van der Waals surface area (Å²) >= 11 is 0. The number of hydrogen-bond acceptors (Lipinski definition) is 5. The van der Waals surface area contributed by atoms with Gasteiger partial charge in [0.2, 0.25) is 5.91 Å². The fourth-order valence-electron chi connectivity index (χ4n) is 4.18. The Morgan fingerprint density at radius 3 is 1.97 bits per heavy atom. The number of carboxylic acid groups (broad SMARTS) is 1. The average molecular weight is 469 g/mol. The molecule has 3 N–H and O–H groups in total. The number of hydrogen-bond donors (Lipinski definition) is 3. The Morgan fingerprint density at radius 2 is 1.50 bits per heavy atom. The molecule has 3 atom stereocenters. The van der Waals surface area contributed by atoms with Gasteiger partial charge in [-0.2, -0.15) is 0 Å². The van der Waals surface area contributed by atoms with Crippen LogP contribution in [-0.4, -0.2) is 55.0 Å². The first-order valence-electron chi connectivity index (χ1n) is 11.2. The number of nitrogens with one attached hydrogen (secondary N) is 2. The van der Waals surface area contributed by atoms with Crippen molar-refractivity contribution < 1.29 is 29.0 Å². The average Bonchev–Trinajstić information content (AvgIpc) is 3.11. The van der Waals surface area contributed by atoms with Crippen LogP contribution in [0.5, 0.6) is 0 Å². The first-order chi connectivity index (χ1) is 16.0. The Kier molecular flexibility index (Phi) is 7.61. The van der Waals surface area contributed by atoms with Crippen molar-refractivity contribution in [3.05, 3.63) is 59.7 Å². The summed E-state index contributed by atoms with van der Waals surface area (Å²) < 4.78 is 10.8. The fourth-order valence-corrected chi connectivity index (χ4v) is 4.18. The maximum atomic E-state index is 12.9. The third-order valence-corrected chi connectivity index (χ3v) is 6.14. The molecule has 1 aliphatic carbocycles. The smallest absolute Gasteiger partial charge is 0.407 e. The van der Waals surface area contributed by atoms with Gasteiger partial charge < -0.3 is 25.2 Å². The second-order valence-corrected chi connectivity index (χ2v) is 9.53. The van der Waals surface area contributed by atoms with Crippen LogP contribution in [0, 0.1) is 5.41 Å². The number of amides is 2. The Hall–Kier alpha value is -3.39. The zero-order chi connectivity index (χ0) is 25.0. The third-order valence-electron chi connectivity index (χ3n) is 6.14. The highest BCUT2D eigenvalue weighted by Crippen LogP contribution is 2.44. The van der Waals surface area contributed by atoms with Crippen molar-refractivity contribution in [1.29, 1.82) is 0 Å². The zero-order valence-electron chi connectivity index (χ0n) is 20.1. The molecule has 0 spiro atoms. The Morgan fingerprint density at radius 1 is 0.971 bits per heavy atom. The van der Waals surface area contributed by atoms with E-state index in [0.717, 1.165) is 22.3 Å². The van der Waals surface area contributed by atoms with Gasteiger partial charge in [-0.05, 0) is 34.6 Å². The van der Waals surface area contributed by atoms with Crippen molar-refractivity contribution in [3.63, 3.8) is 0 Å². The van der Waals surface area contributed by atoms with Crippen molar-refractivity contribution in [1.82, 2.24) is 10.6 Å². The number of carbonyl (C=O) groups excluding carboxylic acids is 2. The molecule has 8 heteroatoms. The molecule has 0 bridgehead atoms. The molecule has 2 amide bonds. The molecule has 1 aliphatic rings. The van der Waals surface area contributed by atoms with Gasteiger partial charge in [-0.25, -0.2) is 9.59 Å². The number of fused-ring (bicyclic) bond motifs is 3. The summed E-state index contributed by atoms with van der Waals surface area (Å²) in [5.74, 6) is -1.95. The summed E-state index contributed by atoms with van der Waals surface area (Å²) in [4.78, 5) is 37.3. The normalized spacial score (nSPS) is 15.4. The molecule has 182 valence electrons. The lowest BCUT2D eigenvalue weighted by molar-refractivity contribution is -0.145. The fraction of sp³-hybridized carbons (Fsp3) is 0.423. The maximum Gasteiger partial charge on any atom is 0.407 e. The van der Waals surface area contributed by atoms with E-state index in [1.54, 1.807) is 27.7 Å². The van der Waals surface area contributed by atoms with E-state index < -0.39 is 41.6 Å². The summed E-state index contributed by atoms with van der Waals surface area (Å²) in [6.45, 7) is 6.83. The SMILES string of the molecule is COC(C)C(NC(=O)OCC1c2ccccc2-c2ccccc21)C(=O)NC(C(=O)O)C(C)(C)C. The minimum Gasteiger partial charge on any atom is -0.480 e. The van der Waals surface area contributed by atoms with E-state index in [1.165, 1.54) is 7.11 Å². The number of carboxylic acids is 1. The molecule has 2 aromatic carbocycles. The lowest BCUT2D eigenvalue weighted by Gasteiger charge is -2.30. The number of aliphatic carboxylic acids is 1. The van der Waals surface area contributed by atoms with Crippen molar-refractivity contribution in [2.75, 3.05) is 13.7 Å². The van der Waals surface area contributed by atoms with Crippen LogP contribution in [0.4, 0.5) is 4.79 Å². The molecular formula is C26H32N2O6. The molecule has 0 saturated carbocycles. The number of rotatable bonds is 8. The first kappa shape index (κ1) is 25.2. The molecule has 0 fully saturated rings. The summed E-state index contributed by atoms with van der Waals surface area (Å²) in [6.07, 6.45) is -1.50. The number of methoxy groups -OCH3 is 1. The lowest BCUT2D eigenvalue weighted by atomic mass is 9.86. The van der Waals surface area contributed by atoms with Crippen LogP contribution < -0.4 is 10.6 Å². The Balaban J connectivity index is 1.70. The van der Waals surface area contributed by atoms with Gasteiger partial charge in [-0.3, -0.25) is 4.79 Å². The minimum atomic E-state index is -1.16. The summed E-state index contributed by atoms with van der Waals surface area (Å²) in [6, 6.07) is 13.7. The minimum absolute atomic E-state index is 0.0926. The highest BCUT2D eigenvalue weighted by Gasteiger charge is 2.37. The zero-order valence-corrected chi connectivity index (χ0v) is 20.1. The van der Waals surface area contributed by atoms with E-state index in [-0.39, 0.29) is 12.5 Å². The van der Waals surface area contributed by atoms with Crippen LogP contribution in [0.15, 0.2) is 48.5 Å². The monoisotopic (exact) mass is 468 g/mol. The van der Waals surface area contributed by atoms with Crippen LogP contribution in [0.1, 0.15) is 44.7 Å². The molecule has 3 unspecified atom stereocenters. The first-order valence-corrected chi connectivity index (χ1v) is 11.2. The molecule has 0 heterocycles. The van der Waals surface area contributed by atoms with Gasteiger partial charge in [-0.15, -0.1) is 0 Å². The molecule has 2 aromatic rings. The lowest BCUT2D eigenvalue weighted by Crippen LogP contribution is -2.58. The van der Waals surface area contributed by atoms with Gasteiger partial charge in [0.1, 0.15) is 18.7 Å². The number of ether oxygens (including phenoxy) is 2. The molecule has 0 aliphatic heterocycles. The number of carbonyl (C=O) groups is 3. The van der Waals surface area contributed by atoms with Crippen molar-refractivity contribution in [2.24, 2.45) is 5.41 Å². The van der Waals surface area contributed by atoms with Crippen molar-refractivity contribution in [2.45, 2.75) is 51.8 Å². The van der Waals surface area contributed by atoms with E-state index in [9.17, 15) is 19.5 Å². The van der Waals surface area contributed by atoms with Gasteiger partial charge in [-0.1, -0.05) is 69.3 Å². The van der Waals surface area contributed by atoms with Gasteiger partial charge in [0.25, 0.3) is 0 Å². The van der Waals surface area contributed by atoms with Crippen LogP contribution in [0.3, 0.4) is 0 Å². The van der Waals surface area contributed by atoms with Gasteiger partial charge >= 0.3 is 12.1 Å². The molecule has 34 heavy (non-hydrogen) atoms. The standard InChI is InChI=1S/C26H32N2O6/c1-15(33-5)21(23(29)28-22(24(30)31)26(2,3)4)27-25(32)34-14-20-18-12-8-6-10-16(18)17-11-7-9-13-19(17)20/h6-13,15,20-22H,14H2,1-5H3,(H,27,32)(H,28,29)(H,30,31). The summed E-state index contributed by atoms with van der Waals surface area (Å²) in [5.41, 5.74) is 3.64. The predicted molar refractivity (Wildman–Crippen MR) is 127 cm³/mol. The largest absolute Gasteiger partial charge is 0.480 e. The second kappa shape index (κ2) is 10.3.